The molecule has 1 aromatic heterocycles. The molecule has 1 aromatic rings. The lowest BCUT2D eigenvalue weighted by molar-refractivity contribution is 0.00780. The first-order chi connectivity index (χ1) is 10.2. The topological polar surface area (TPSA) is 57.4 Å². The number of nitrogens with one attached hydrogen (secondary N) is 1. The van der Waals surface area contributed by atoms with Gasteiger partial charge in [-0.3, -0.25) is 9.80 Å². The molecular formula is C15H25N5O. The van der Waals surface area contributed by atoms with E-state index in [0.717, 1.165) is 50.9 Å². The molecule has 4 aliphatic heterocycles. The third-order valence-corrected chi connectivity index (χ3v) is 5.74. The van der Waals surface area contributed by atoms with E-state index in [-0.39, 0.29) is 5.41 Å². The third kappa shape index (κ3) is 2.12. The van der Waals surface area contributed by atoms with Gasteiger partial charge in [-0.15, -0.1) is 0 Å². The molecule has 21 heavy (non-hydrogen) atoms. The van der Waals surface area contributed by atoms with Crippen LogP contribution in [0.3, 0.4) is 0 Å². The molecule has 0 spiro atoms. The van der Waals surface area contributed by atoms with Crippen molar-refractivity contribution in [1.29, 1.82) is 0 Å². The van der Waals surface area contributed by atoms with Crippen LogP contribution in [0.5, 0.6) is 0 Å². The van der Waals surface area contributed by atoms with Crippen molar-refractivity contribution in [3.63, 3.8) is 0 Å². The molecule has 5 heterocycles. The molecule has 0 amide bonds. The van der Waals surface area contributed by atoms with Gasteiger partial charge in [0.25, 0.3) is 0 Å². The molecule has 2 unspecified atom stereocenters. The SMILES string of the molecule is CC(C)C1(c2nc(C3CN4CCN3CC4)no2)CCNC1. The van der Waals surface area contributed by atoms with Crippen LogP contribution in [0.15, 0.2) is 4.52 Å². The van der Waals surface area contributed by atoms with E-state index in [0.29, 0.717) is 12.0 Å². The monoisotopic (exact) mass is 291 g/mol. The van der Waals surface area contributed by atoms with Gasteiger partial charge in [0.15, 0.2) is 5.82 Å². The number of nitrogens with zero attached hydrogens (tertiary/aromatic N) is 4. The average molecular weight is 291 g/mol. The summed E-state index contributed by atoms with van der Waals surface area (Å²) in [5.74, 6) is 2.24. The second-order valence-corrected chi connectivity index (χ2v) is 7.05. The molecular weight excluding hydrogens is 266 g/mol. The van der Waals surface area contributed by atoms with E-state index in [1.165, 1.54) is 13.1 Å². The lowest BCUT2D eigenvalue weighted by Crippen LogP contribution is -2.57. The summed E-state index contributed by atoms with van der Waals surface area (Å²) in [7, 11) is 0. The summed E-state index contributed by atoms with van der Waals surface area (Å²) in [5.41, 5.74) is 0.0224. The van der Waals surface area contributed by atoms with Crippen molar-refractivity contribution in [1.82, 2.24) is 25.3 Å². The van der Waals surface area contributed by atoms with Gasteiger partial charge in [-0.05, 0) is 18.9 Å². The fourth-order valence-corrected chi connectivity index (χ4v) is 4.07. The number of aromatic nitrogens is 2. The van der Waals surface area contributed by atoms with Crippen LogP contribution in [-0.4, -0.2) is 65.8 Å². The molecule has 2 atom stereocenters. The Morgan fingerprint density at radius 2 is 2.10 bits per heavy atom. The van der Waals surface area contributed by atoms with E-state index in [9.17, 15) is 0 Å². The van der Waals surface area contributed by atoms with Crippen molar-refractivity contribution in [2.24, 2.45) is 5.92 Å². The summed E-state index contributed by atoms with van der Waals surface area (Å²) >= 11 is 0. The second kappa shape index (κ2) is 5.04. The molecule has 4 aliphatic rings. The number of piperazine rings is 3. The molecule has 6 nitrogen and oxygen atoms in total. The maximum absolute atomic E-state index is 5.73. The van der Waals surface area contributed by atoms with Crippen LogP contribution >= 0.6 is 0 Å². The smallest absolute Gasteiger partial charge is 0.234 e. The van der Waals surface area contributed by atoms with E-state index >= 15 is 0 Å². The highest BCUT2D eigenvalue weighted by molar-refractivity contribution is 5.13. The predicted octanol–water partition coefficient (Wildman–Crippen LogP) is 0.629. The van der Waals surface area contributed by atoms with Gasteiger partial charge in [0.1, 0.15) is 0 Å². The Kier molecular flexibility index (Phi) is 3.28. The number of rotatable bonds is 3. The van der Waals surface area contributed by atoms with Gasteiger partial charge in [0.2, 0.25) is 5.89 Å². The van der Waals surface area contributed by atoms with Gasteiger partial charge in [-0.2, -0.15) is 4.98 Å². The van der Waals surface area contributed by atoms with Gasteiger partial charge in [0, 0.05) is 39.3 Å². The Morgan fingerprint density at radius 1 is 1.29 bits per heavy atom. The zero-order valence-corrected chi connectivity index (χ0v) is 13.0. The first-order valence-corrected chi connectivity index (χ1v) is 8.20. The van der Waals surface area contributed by atoms with Gasteiger partial charge in [-0.25, -0.2) is 0 Å². The maximum Gasteiger partial charge on any atom is 0.234 e. The molecule has 4 saturated heterocycles. The van der Waals surface area contributed by atoms with Crippen LogP contribution in [0, 0.1) is 5.92 Å². The van der Waals surface area contributed by atoms with Crippen molar-refractivity contribution in [3.8, 4) is 0 Å². The average Bonchev–Trinajstić information content (AvgIpc) is 3.18. The van der Waals surface area contributed by atoms with Gasteiger partial charge >= 0.3 is 0 Å². The number of hydrogen-bond acceptors (Lipinski definition) is 6. The lowest BCUT2D eigenvalue weighted by atomic mass is 9.76. The summed E-state index contributed by atoms with van der Waals surface area (Å²) in [6.07, 6.45) is 1.09. The Morgan fingerprint density at radius 3 is 2.67 bits per heavy atom. The molecule has 4 fully saturated rings. The standard InChI is InChI=1S/C15H25N5O/c1-11(2)15(3-4-16-10-15)14-17-13(18-21-14)12-9-19-5-7-20(12)8-6-19/h11-12,16H,3-10H2,1-2H3. The van der Waals surface area contributed by atoms with Crippen molar-refractivity contribution >= 4 is 0 Å². The molecule has 0 radical (unpaired) electrons. The van der Waals surface area contributed by atoms with Gasteiger partial charge in [-0.1, -0.05) is 19.0 Å². The van der Waals surface area contributed by atoms with E-state index in [4.69, 9.17) is 9.51 Å². The van der Waals surface area contributed by atoms with Crippen LogP contribution in [-0.2, 0) is 5.41 Å². The Bertz CT molecular complexity index is 500. The van der Waals surface area contributed by atoms with Crippen LogP contribution < -0.4 is 5.32 Å². The summed E-state index contributed by atoms with van der Waals surface area (Å²) < 4.78 is 5.73. The molecule has 0 aliphatic carbocycles. The van der Waals surface area contributed by atoms with Crippen LogP contribution in [0.4, 0.5) is 0 Å². The maximum atomic E-state index is 5.73. The minimum Gasteiger partial charge on any atom is -0.339 e. The van der Waals surface area contributed by atoms with Crippen LogP contribution in [0.1, 0.15) is 38.0 Å². The van der Waals surface area contributed by atoms with E-state index < -0.39 is 0 Å². The number of fused-ring (bicyclic) bond motifs is 3. The minimum atomic E-state index is 0.0224. The summed E-state index contributed by atoms with van der Waals surface area (Å²) in [5, 5.41) is 7.81. The zero-order valence-electron chi connectivity index (χ0n) is 13.0. The Hall–Kier alpha value is -0.980. The lowest BCUT2D eigenvalue weighted by Gasteiger charge is -2.46. The second-order valence-electron chi connectivity index (χ2n) is 7.05. The van der Waals surface area contributed by atoms with Gasteiger partial charge in [0.05, 0.1) is 11.5 Å². The van der Waals surface area contributed by atoms with Crippen LogP contribution in [0.25, 0.3) is 0 Å². The predicted molar refractivity (Wildman–Crippen MR) is 79.1 cm³/mol. The van der Waals surface area contributed by atoms with Crippen molar-refractivity contribution in [3.05, 3.63) is 11.7 Å². The Labute approximate surface area is 125 Å². The minimum absolute atomic E-state index is 0.0224. The normalized spacial score (nSPS) is 39.3. The largest absolute Gasteiger partial charge is 0.339 e. The highest BCUT2D eigenvalue weighted by Gasteiger charge is 2.45. The molecule has 0 saturated carbocycles. The fourth-order valence-electron chi connectivity index (χ4n) is 4.07. The molecule has 2 bridgehead atoms. The molecule has 0 aromatic carbocycles. The third-order valence-electron chi connectivity index (χ3n) is 5.74. The summed E-state index contributed by atoms with van der Waals surface area (Å²) in [6.45, 7) is 12.2. The first-order valence-electron chi connectivity index (χ1n) is 8.20. The highest BCUT2D eigenvalue weighted by Crippen LogP contribution is 2.38. The van der Waals surface area contributed by atoms with Crippen molar-refractivity contribution in [2.45, 2.75) is 31.7 Å². The van der Waals surface area contributed by atoms with Crippen molar-refractivity contribution in [2.75, 3.05) is 45.8 Å². The first kappa shape index (κ1) is 13.7. The van der Waals surface area contributed by atoms with E-state index in [1.807, 2.05) is 0 Å². The van der Waals surface area contributed by atoms with Crippen LogP contribution in [0.2, 0.25) is 0 Å². The van der Waals surface area contributed by atoms with Gasteiger partial charge < -0.3 is 9.84 Å². The summed E-state index contributed by atoms with van der Waals surface area (Å²) in [6, 6.07) is 0.323. The highest BCUT2D eigenvalue weighted by atomic mass is 16.5. The van der Waals surface area contributed by atoms with E-state index in [1.54, 1.807) is 0 Å². The molecule has 6 heteroatoms. The number of hydrogen-bond donors (Lipinski definition) is 1. The quantitative estimate of drug-likeness (QED) is 0.881. The molecule has 116 valence electrons. The zero-order chi connectivity index (χ0) is 14.4. The molecule has 5 rings (SSSR count). The van der Waals surface area contributed by atoms with E-state index in [2.05, 4.69) is 34.1 Å². The molecule has 1 N–H and O–H groups in total. The summed E-state index contributed by atoms with van der Waals surface area (Å²) in [4.78, 5) is 9.86. The van der Waals surface area contributed by atoms with Crippen molar-refractivity contribution < 1.29 is 4.52 Å². The fraction of sp³-hybridized carbons (Fsp3) is 0.867. The Balaban J connectivity index is 1.61.